The van der Waals surface area contributed by atoms with Gasteiger partial charge in [-0.3, -0.25) is 0 Å². The fraction of sp³-hybridized carbons (Fsp3) is 0.667. The van der Waals surface area contributed by atoms with E-state index in [0.717, 1.165) is 18.5 Å². The predicted octanol–water partition coefficient (Wildman–Crippen LogP) is 3.11. The SMILES string of the molecule is CC(C)C(CNC1CN2CCC1CC2)c1ccccc1. The van der Waals surface area contributed by atoms with Gasteiger partial charge in [-0.15, -0.1) is 0 Å². The lowest BCUT2D eigenvalue weighted by molar-refractivity contribution is 0.0714. The summed E-state index contributed by atoms with van der Waals surface area (Å²) in [5, 5.41) is 3.89. The summed E-state index contributed by atoms with van der Waals surface area (Å²) in [4.78, 5) is 2.63. The van der Waals surface area contributed by atoms with E-state index in [1.54, 1.807) is 0 Å². The van der Waals surface area contributed by atoms with Gasteiger partial charge in [0.25, 0.3) is 0 Å². The minimum atomic E-state index is 0.631. The third-order valence-corrected chi connectivity index (χ3v) is 5.29. The van der Waals surface area contributed by atoms with Crippen LogP contribution in [0.5, 0.6) is 0 Å². The number of hydrogen-bond donors (Lipinski definition) is 1. The van der Waals surface area contributed by atoms with Crippen molar-refractivity contribution in [2.45, 2.75) is 38.6 Å². The van der Waals surface area contributed by atoms with Gasteiger partial charge in [0.2, 0.25) is 0 Å². The molecular formula is C18H28N2. The van der Waals surface area contributed by atoms with Crippen LogP contribution in [-0.2, 0) is 0 Å². The maximum Gasteiger partial charge on any atom is 0.0224 e. The molecule has 1 aromatic carbocycles. The number of nitrogens with zero attached hydrogens (tertiary/aromatic N) is 1. The Hall–Kier alpha value is -0.860. The van der Waals surface area contributed by atoms with E-state index >= 15 is 0 Å². The van der Waals surface area contributed by atoms with Crippen molar-refractivity contribution < 1.29 is 0 Å². The first-order chi connectivity index (χ1) is 9.74. The van der Waals surface area contributed by atoms with Crippen LogP contribution in [0.3, 0.4) is 0 Å². The number of benzene rings is 1. The molecular weight excluding hydrogens is 244 g/mol. The van der Waals surface area contributed by atoms with E-state index in [2.05, 4.69) is 54.4 Å². The molecule has 3 aliphatic rings. The molecule has 2 atom stereocenters. The number of rotatable bonds is 5. The summed E-state index contributed by atoms with van der Waals surface area (Å²) in [6, 6.07) is 11.7. The number of hydrogen-bond acceptors (Lipinski definition) is 2. The molecule has 0 saturated carbocycles. The van der Waals surface area contributed by atoms with Crippen molar-refractivity contribution >= 4 is 0 Å². The molecule has 3 saturated heterocycles. The molecule has 1 N–H and O–H groups in total. The maximum atomic E-state index is 3.89. The van der Waals surface area contributed by atoms with Crippen molar-refractivity contribution in [3.8, 4) is 0 Å². The second kappa shape index (κ2) is 6.28. The zero-order valence-corrected chi connectivity index (χ0v) is 12.9. The minimum Gasteiger partial charge on any atom is -0.312 e. The highest BCUT2D eigenvalue weighted by Gasteiger charge is 2.34. The highest BCUT2D eigenvalue weighted by atomic mass is 15.2. The highest BCUT2D eigenvalue weighted by Crippen LogP contribution is 2.29. The van der Waals surface area contributed by atoms with Gasteiger partial charge >= 0.3 is 0 Å². The van der Waals surface area contributed by atoms with E-state index in [1.165, 1.54) is 38.0 Å². The van der Waals surface area contributed by atoms with Gasteiger partial charge in [0, 0.05) is 19.1 Å². The van der Waals surface area contributed by atoms with Crippen LogP contribution in [0.15, 0.2) is 30.3 Å². The monoisotopic (exact) mass is 272 g/mol. The van der Waals surface area contributed by atoms with Crippen molar-refractivity contribution in [2.75, 3.05) is 26.2 Å². The molecule has 0 spiro atoms. The lowest BCUT2D eigenvalue weighted by Gasteiger charge is -2.45. The van der Waals surface area contributed by atoms with Gasteiger partial charge in [0.05, 0.1) is 0 Å². The number of nitrogens with one attached hydrogen (secondary N) is 1. The van der Waals surface area contributed by atoms with Gasteiger partial charge in [0.15, 0.2) is 0 Å². The first-order valence-electron chi connectivity index (χ1n) is 8.24. The van der Waals surface area contributed by atoms with E-state index in [-0.39, 0.29) is 0 Å². The van der Waals surface area contributed by atoms with E-state index < -0.39 is 0 Å². The van der Waals surface area contributed by atoms with Gasteiger partial charge in [-0.2, -0.15) is 0 Å². The fourth-order valence-electron chi connectivity index (χ4n) is 3.91. The van der Waals surface area contributed by atoms with Crippen LogP contribution in [0.4, 0.5) is 0 Å². The lowest BCUT2D eigenvalue weighted by Crippen LogP contribution is -2.56. The van der Waals surface area contributed by atoms with Crippen molar-refractivity contribution in [1.29, 1.82) is 0 Å². The second-order valence-electron chi connectivity index (χ2n) is 6.91. The molecule has 1 aromatic rings. The van der Waals surface area contributed by atoms with E-state index in [0.29, 0.717) is 11.8 Å². The summed E-state index contributed by atoms with van der Waals surface area (Å²) >= 11 is 0. The smallest absolute Gasteiger partial charge is 0.0224 e. The Kier molecular flexibility index (Phi) is 4.42. The van der Waals surface area contributed by atoms with Crippen molar-refractivity contribution in [2.24, 2.45) is 11.8 Å². The average molecular weight is 272 g/mol. The molecule has 0 aromatic heterocycles. The molecule has 3 heterocycles. The highest BCUT2D eigenvalue weighted by molar-refractivity contribution is 5.20. The fourth-order valence-corrected chi connectivity index (χ4v) is 3.91. The molecule has 0 amide bonds. The van der Waals surface area contributed by atoms with Crippen molar-refractivity contribution in [3.63, 3.8) is 0 Å². The van der Waals surface area contributed by atoms with E-state index in [4.69, 9.17) is 0 Å². The largest absolute Gasteiger partial charge is 0.312 e. The summed E-state index contributed by atoms with van der Waals surface area (Å²) in [6.45, 7) is 9.73. The van der Waals surface area contributed by atoms with Gasteiger partial charge < -0.3 is 10.2 Å². The third kappa shape index (κ3) is 3.07. The Morgan fingerprint density at radius 1 is 1.15 bits per heavy atom. The van der Waals surface area contributed by atoms with Gasteiger partial charge in [-0.25, -0.2) is 0 Å². The summed E-state index contributed by atoms with van der Waals surface area (Å²) in [5.74, 6) is 2.24. The second-order valence-corrected chi connectivity index (χ2v) is 6.91. The standard InChI is InChI=1S/C18H28N2/c1-14(2)17(15-6-4-3-5-7-15)12-19-18-13-20-10-8-16(18)9-11-20/h3-7,14,16-19H,8-13H2,1-2H3. The molecule has 2 unspecified atom stereocenters. The van der Waals surface area contributed by atoms with Gasteiger partial charge in [0.1, 0.15) is 0 Å². The summed E-state index contributed by atoms with van der Waals surface area (Å²) < 4.78 is 0. The van der Waals surface area contributed by atoms with Crippen molar-refractivity contribution in [3.05, 3.63) is 35.9 Å². The molecule has 0 aliphatic carbocycles. The number of fused-ring (bicyclic) bond motifs is 3. The Labute approximate surface area is 123 Å². The first kappa shape index (κ1) is 14.1. The summed E-state index contributed by atoms with van der Waals surface area (Å²) in [6.07, 6.45) is 2.80. The van der Waals surface area contributed by atoms with E-state index in [9.17, 15) is 0 Å². The normalized spacial score (nSPS) is 30.6. The molecule has 20 heavy (non-hydrogen) atoms. The van der Waals surface area contributed by atoms with Crippen LogP contribution in [0.1, 0.15) is 38.2 Å². The van der Waals surface area contributed by atoms with Gasteiger partial charge in [-0.1, -0.05) is 44.2 Å². The maximum absolute atomic E-state index is 3.89. The quantitative estimate of drug-likeness (QED) is 0.886. The van der Waals surface area contributed by atoms with Crippen LogP contribution < -0.4 is 5.32 Å². The summed E-state index contributed by atoms with van der Waals surface area (Å²) in [5.41, 5.74) is 1.48. The molecule has 0 radical (unpaired) electrons. The first-order valence-corrected chi connectivity index (χ1v) is 8.24. The van der Waals surface area contributed by atoms with Crippen LogP contribution in [0, 0.1) is 11.8 Å². The molecule has 4 rings (SSSR count). The zero-order chi connectivity index (χ0) is 13.9. The zero-order valence-electron chi connectivity index (χ0n) is 12.9. The summed E-state index contributed by atoms with van der Waals surface area (Å²) in [7, 11) is 0. The van der Waals surface area contributed by atoms with Crippen LogP contribution in [0.25, 0.3) is 0 Å². The Balaban J connectivity index is 1.60. The van der Waals surface area contributed by atoms with Crippen LogP contribution >= 0.6 is 0 Å². The Bertz CT molecular complexity index is 407. The average Bonchev–Trinajstić information content (AvgIpc) is 2.49. The molecule has 2 bridgehead atoms. The molecule has 3 fully saturated rings. The van der Waals surface area contributed by atoms with Gasteiger partial charge in [-0.05, 0) is 49.2 Å². The number of piperidine rings is 3. The van der Waals surface area contributed by atoms with Crippen LogP contribution in [-0.4, -0.2) is 37.1 Å². The lowest BCUT2D eigenvalue weighted by atomic mass is 9.83. The third-order valence-electron chi connectivity index (χ3n) is 5.29. The molecule has 2 heteroatoms. The van der Waals surface area contributed by atoms with E-state index in [1.807, 2.05) is 0 Å². The topological polar surface area (TPSA) is 15.3 Å². The minimum absolute atomic E-state index is 0.631. The van der Waals surface area contributed by atoms with Crippen molar-refractivity contribution in [1.82, 2.24) is 10.2 Å². The predicted molar refractivity (Wildman–Crippen MR) is 85.0 cm³/mol. The molecule has 3 aliphatic heterocycles. The van der Waals surface area contributed by atoms with Crippen LogP contribution in [0.2, 0.25) is 0 Å². The molecule has 110 valence electrons. The molecule has 2 nitrogen and oxygen atoms in total. The Morgan fingerprint density at radius 2 is 1.85 bits per heavy atom. The Morgan fingerprint density at radius 3 is 2.40 bits per heavy atom.